The lowest BCUT2D eigenvalue weighted by molar-refractivity contribution is -0.136. The molecular formula is C15H20N2O4. The molecule has 0 radical (unpaired) electrons. The van der Waals surface area contributed by atoms with Gasteiger partial charge in [-0.3, -0.25) is 9.69 Å². The minimum atomic E-state index is -0.923. The number of carbonyl (C=O) groups is 2. The van der Waals surface area contributed by atoms with Crippen LogP contribution in [0.2, 0.25) is 0 Å². The normalized spacial score (nSPS) is 17.4. The Kier molecular flexibility index (Phi) is 5.57. The average molecular weight is 292 g/mol. The molecule has 1 unspecified atom stereocenters. The van der Waals surface area contributed by atoms with Crippen LogP contribution in [0.25, 0.3) is 0 Å². The van der Waals surface area contributed by atoms with Gasteiger partial charge in [0.15, 0.2) is 0 Å². The van der Waals surface area contributed by atoms with Gasteiger partial charge >= 0.3 is 12.0 Å². The zero-order valence-corrected chi connectivity index (χ0v) is 11.8. The topological polar surface area (TPSA) is 78.9 Å². The minimum absolute atomic E-state index is 0.0884. The van der Waals surface area contributed by atoms with E-state index < -0.39 is 5.97 Å². The molecule has 1 aliphatic rings. The molecule has 1 aromatic rings. The molecule has 1 atom stereocenters. The van der Waals surface area contributed by atoms with Crippen LogP contribution in [-0.2, 0) is 9.53 Å². The van der Waals surface area contributed by atoms with Gasteiger partial charge in [0.25, 0.3) is 0 Å². The number of amides is 2. The second kappa shape index (κ2) is 7.64. The van der Waals surface area contributed by atoms with Crippen LogP contribution in [0.5, 0.6) is 0 Å². The number of carbonyl (C=O) groups excluding carboxylic acids is 1. The van der Waals surface area contributed by atoms with Crippen LogP contribution in [0.4, 0.5) is 10.5 Å². The molecule has 6 heteroatoms. The van der Waals surface area contributed by atoms with E-state index in [1.165, 1.54) is 4.90 Å². The first kappa shape index (κ1) is 15.3. The van der Waals surface area contributed by atoms with Gasteiger partial charge in [0, 0.05) is 31.3 Å². The highest BCUT2D eigenvalue weighted by Crippen LogP contribution is 2.15. The summed E-state index contributed by atoms with van der Waals surface area (Å²) in [5.41, 5.74) is 0.693. The Morgan fingerprint density at radius 3 is 2.71 bits per heavy atom. The summed E-state index contributed by atoms with van der Waals surface area (Å²) in [6, 6.07) is 8.81. The number of ether oxygens (including phenoxy) is 1. The number of carboxylic acid groups (broad SMARTS) is 1. The molecule has 1 fully saturated rings. The molecule has 21 heavy (non-hydrogen) atoms. The van der Waals surface area contributed by atoms with Gasteiger partial charge in [-0.2, -0.15) is 0 Å². The van der Waals surface area contributed by atoms with Crippen LogP contribution in [0.1, 0.15) is 12.8 Å². The molecule has 1 aliphatic heterocycles. The number of aliphatic carboxylic acids is 1. The number of rotatable bonds is 6. The van der Waals surface area contributed by atoms with Crippen molar-refractivity contribution in [2.45, 2.75) is 12.8 Å². The molecule has 0 aliphatic carbocycles. The summed E-state index contributed by atoms with van der Waals surface area (Å²) >= 11 is 0. The van der Waals surface area contributed by atoms with Crippen LogP contribution in [-0.4, -0.2) is 43.4 Å². The van der Waals surface area contributed by atoms with Gasteiger partial charge in [0.05, 0.1) is 13.0 Å². The molecule has 2 rings (SSSR count). The Morgan fingerprint density at radius 2 is 2.10 bits per heavy atom. The highest BCUT2D eigenvalue weighted by molar-refractivity contribution is 5.92. The van der Waals surface area contributed by atoms with E-state index in [9.17, 15) is 9.59 Å². The highest BCUT2D eigenvalue weighted by Gasteiger charge is 2.20. The van der Waals surface area contributed by atoms with E-state index >= 15 is 0 Å². The lowest BCUT2D eigenvalue weighted by atomic mass is 10.1. The summed E-state index contributed by atoms with van der Waals surface area (Å²) in [5, 5.41) is 11.7. The molecule has 114 valence electrons. The predicted molar refractivity (Wildman–Crippen MR) is 78.4 cm³/mol. The summed E-state index contributed by atoms with van der Waals surface area (Å²) in [4.78, 5) is 24.5. The minimum Gasteiger partial charge on any atom is -0.481 e. The third-order valence-corrected chi connectivity index (χ3v) is 3.43. The lowest BCUT2D eigenvalue weighted by Crippen LogP contribution is -2.43. The van der Waals surface area contributed by atoms with Crippen molar-refractivity contribution in [1.82, 2.24) is 5.32 Å². The van der Waals surface area contributed by atoms with Crippen molar-refractivity contribution in [2.75, 3.05) is 31.2 Å². The molecule has 0 spiro atoms. The molecule has 0 saturated carbocycles. The fraction of sp³-hybridized carbons (Fsp3) is 0.467. The Morgan fingerprint density at radius 1 is 1.33 bits per heavy atom. The van der Waals surface area contributed by atoms with Crippen LogP contribution >= 0.6 is 0 Å². The van der Waals surface area contributed by atoms with Crippen LogP contribution in [0.15, 0.2) is 30.3 Å². The summed E-state index contributed by atoms with van der Waals surface area (Å²) in [6.07, 6.45) is 0.857. The standard InChI is InChI=1S/C15H20N2O4/c18-14(19)6-8-17(13-4-2-1-3-5-13)15(20)16-10-12-7-9-21-11-12/h1-5,12H,6-11H2,(H,16,20)(H,18,19). The third kappa shape index (κ3) is 4.75. The molecule has 1 aromatic carbocycles. The molecule has 1 saturated heterocycles. The van der Waals surface area contributed by atoms with Gasteiger partial charge in [-0.1, -0.05) is 18.2 Å². The first-order chi connectivity index (χ1) is 10.2. The summed E-state index contributed by atoms with van der Waals surface area (Å²) < 4.78 is 5.27. The monoisotopic (exact) mass is 292 g/mol. The summed E-state index contributed by atoms with van der Waals surface area (Å²) in [6.45, 7) is 2.10. The summed E-state index contributed by atoms with van der Waals surface area (Å²) in [7, 11) is 0. The molecule has 0 bridgehead atoms. The van der Waals surface area contributed by atoms with Crippen LogP contribution in [0, 0.1) is 5.92 Å². The summed E-state index contributed by atoms with van der Waals surface area (Å²) in [5.74, 6) is -0.584. The molecule has 0 aromatic heterocycles. The second-order valence-corrected chi connectivity index (χ2v) is 5.05. The first-order valence-electron chi connectivity index (χ1n) is 7.07. The van der Waals surface area contributed by atoms with Crippen LogP contribution < -0.4 is 10.2 Å². The zero-order valence-electron chi connectivity index (χ0n) is 11.8. The number of anilines is 1. The third-order valence-electron chi connectivity index (χ3n) is 3.43. The molecule has 2 N–H and O–H groups in total. The average Bonchev–Trinajstić information content (AvgIpc) is 2.99. The highest BCUT2D eigenvalue weighted by atomic mass is 16.5. The SMILES string of the molecule is O=C(O)CCN(C(=O)NCC1CCOC1)c1ccccc1. The molecule has 1 heterocycles. The van der Waals surface area contributed by atoms with E-state index in [-0.39, 0.29) is 19.0 Å². The van der Waals surface area contributed by atoms with Crippen molar-refractivity contribution in [1.29, 1.82) is 0 Å². The van der Waals surface area contributed by atoms with Gasteiger partial charge in [0.1, 0.15) is 0 Å². The van der Waals surface area contributed by atoms with Crippen molar-refractivity contribution in [2.24, 2.45) is 5.92 Å². The smallest absolute Gasteiger partial charge is 0.321 e. The Balaban J connectivity index is 1.96. The number of benzene rings is 1. The number of para-hydroxylation sites is 1. The number of nitrogens with zero attached hydrogens (tertiary/aromatic N) is 1. The maximum atomic E-state index is 12.3. The quantitative estimate of drug-likeness (QED) is 0.836. The fourth-order valence-electron chi connectivity index (χ4n) is 2.23. The first-order valence-corrected chi connectivity index (χ1v) is 7.07. The van der Waals surface area contributed by atoms with E-state index in [0.717, 1.165) is 13.0 Å². The van der Waals surface area contributed by atoms with E-state index in [1.54, 1.807) is 12.1 Å². The zero-order chi connectivity index (χ0) is 15.1. The Labute approximate surface area is 123 Å². The maximum absolute atomic E-state index is 12.3. The van der Waals surface area contributed by atoms with Crippen molar-refractivity contribution in [3.8, 4) is 0 Å². The van der Waals surface area contributed by atoms with Crippen molar-refractivity contribution in [3.63, 3.8) is 0 Å². The van der Waals surface area contributed by atoms with E-state index in [1.807, 2.05) is 18.2 Å². The predicted octanol–water partition coefficient (Wildman–Crippen LogP) is 1.71. The van der Waals surface area contributed by atoms with Gasteiger partial charge in [-0.15, -0.1) is 0 Å². The van der Waals surface area contributed by atoms with Gasteiger partial charge in [-0.25, -0.2) is 4.79 Å². The van der Waals surface area contributed by atoms with E-state index in [4.69, 9.17) is 9.84 Å². The molecule has 2 amide bonds. The Hall–Kier alpha value is -2.08. The van der Waals surface area contributed by atoms with Crippen molar-refractivity contribution in [3.05, 3.63) is 30.3 Å². The number of nitrogens with one attached hydrogen (secondary N) is 1. The number of hydrogen-bond acceptors (Lipinski definition) is 3. The molecular weight excluding hydrogens is 272 g/mol. The van der Waals surface area contributed by atoms with Gasteiger partial charge in [0.2, 0.25) is 0 Å². The second-order valence-electron chi connectivity index (χ2n) is 5.05. The van der Waals surface area contributed by atoms with E-state index in [2.05, 4.69) is 5.32 Å². The van der Waals surface area contributed by atoms with Crippen molar-refractivity contribution < 1.29 is 19.4 Å². The van der Waals surface area contributed by atoms with Gasteiger partial charge in [-0.05, 0) is 18.6 Å². The number of carboxylic acids is 1. The van der Waals surface area contributed by atoms with Gasteiger partial charge < -0.3 is 15.2 Å². The van der Waals surface area contributed by atoms with Crippen LogP contribution in [0.3, 0.4) is 0 Å². The number of hydrogen-bond donors (Lipinski definition) is 2. The van der Waals surface area contributed by atoms with E-state index in [0.29, 0.717) is 24.8 Å². The molecule has 6 nitrogen and oxygen atoms in total. The lowest BCUT2D eigenvalue weighted by Gasteiger charge is -2.23. The van der Waals surface area contributed by atoms with Crippen molar-refractivity contribution >= 4 is 17.7 Å². The largest absolute Gasteiger partial charge is 0.481 e. The fourth-order valence-corrected chi connectivity index (χ4v) is 2.23. The maximum Gasteiger partial charge on any atom is 0.321 e. The Bertz CT molecular complexity index is 472. The number of urea groups is 1.